The van der Waals surface area contributed by atoms with Crippen molar-refractivity contribution in [2.24, 2.45) is 0 Å². The number of nitrogens with one attached hydrogen (secondary N) is 2. The molecule has 0 radical (unpaired) electrons. The second-order valence-corrected chi connectivity index (χ2v) is 8.83. The summed E-state index contributed by atoms with van der Waals surface area (Å²) < 4.78 is 17.2. The SMILES string of the molecule is COC1(CC(=O)Nc2ccc(OCC3CCCCN3)c(-c3c(C)noc3C)c2)CCC1. The lowest BCUT2D eigenvalue weighted by Gasteiger charge is -2.39. The van der Waals surface area contributed by atoms with Crippen molar-refractivity contribution in [3.05, 3.63) is 29.7 Å². The number of nitrogens with zero attached hydrogens (tertiary/aromatic N) is 1. The summed E-state index contributed by atoms with van der Waals surface area (Å²) in [6.07, 6.45) is 6.92. The van der Waals surface area contributed by atoms with Gasteiger partial charge in [-0.05, 0) is 70.7 Å². The second kappa shape index (κ2) is 9.40. The number of ether oxygens (including phenoxy) is 2. The molecule has 1 amide bonds. The van der Waals surface area contributed by atoms with Gasteiger partial charge < -0.3 is 24.6 Å². The molecule has 0 spiro atoms. The van der Waals surface area contributed by atoms with Crippen LogP contribution in [-0.4, -0.2) is 43.0 Å². The first-order valence-corrected chi connectivity index (χ1v) is 11.3. The third kappa shape index (κ3) is 4.93. The molecular weight excluding hydrogens is 394 g/mol. The molecule has 1 aromatic heterocycles. The van der Waals surface area contributed by atoms with Crippen molar-refractivity contribution in [2.75, 3.05) is 25.6 Å². The predicted molar refractivity (Wildman–Crippen MR) is 119 cm³/mol. The zero-order valence-corrected chi connectivity index (χ0v) is 18.8. The van der Waals surface area contributed by atoms with Crippen LogP contribution in [0.2, 0.25) is 0 Å². The highest BCUT2D eigenvalue weighted by Gasteiger charge is 2.39. The van der Waals surface area contributed by atoms with E-state index in [1.807, 2.05) is 32.0 Å². The van der Waals surface area contributed by atoms with Crippen LogP contribution in [-0.2, 0) is 9.53 Å². The number of amides is 1. The van der Waals surface area contributed by atoms with Crippen LogP contribution in [0.5, 0.6) is 5.75 Å². The van der Waals surface area contributed by atoms with Gasteiger partial charge in [-0.15, -0.1) is 0 Å². The summed E-state index contributed by atoms with van der Waals surface area (Å²) >= 11 is 0. The Morgan fingerprint density at radius 2 is 2.13 bits per heavy atom. The van der Waals surface area contributed by atoms with Gasteiger partial charge in [0, 0.05) is 24.4 Å². The lowest BCUT2D eigenvalue weighted by Crippen LogP contribution is -2.42. The number of anilines is 1. The van der Waals surface area contributed by atoms with Gasteiger partial charge in [0.25, 0.3) is 0 Å². The highest BCUT2D eigenvalue weighted by atomic mass is 16.5. The molecule has 2 heterocycles. The number of carbonyl (C=O) groups excluding carboxylic acids is 1. The molecule has 2 aromatic rings. The summed E-state index contributed by atoms with van der Waals surface area (Å²) in [6.45, 7) is 5.46. The van der Waals surface area contributed by atoms with E-state index in [9.17, 15) is 4.79 Å². The Bertz CT molecular complexity index is 889. The van der Waals surface area contributed by atoms with Crippen LogP contribution < -0.4 is 15.4 Å². The zero-order valence-electron chi connectivity index (χ0n) is 18.8. The fraction of sp³-hybridized carbons (Fsp3) is 0.583. The van der Waals surface area contributed by atoms with Crippen LogP contribution in [0, 0.1) is 13.8 Å². The van der Waals surface area contributed by atoms with Crippen LogP contribution >= 0.6 is 0 Å². The van der Waals surface area contributed by atoms with E-state index in [0.29, 0.717) is 19.1 Å². The topological polar surface area (TPSA) is 85.6 Å². The summed E-state index contributed by atoms with van der Waals surface area (Å²) in [4.78, 5) is 12.7. The Hall–Kier alpha value is -2.38. The maximum Gasteiger partial charge on any atom is 0.227 e. The molecule has 1 unspecified atom stereocenters. The summed E-state index contributed by atoms with van der Waals surface area (Å²) in [5.41, 5.74) is 3.03. The molecule has 1 saturated carbocycles. The lowest BCUT2D eigenvalue weighted by molar-refractivity contribution is -0.129. The van der Waals surface area contributed by atoms with Crippen LogP contribution in [0.3, 0.4) is 0 Å². The van der Waals surface area contributed by atoms with E-state index >= 15 is 0 Å². The van der Waals surface area contributed by atoms with E-state index < -0.39 is 0 Å². The smallest absolute Gasteiger partial charge is 0.227 e. The number of methoxy groups -OCH3 is 1. The number of hydrogen-bond acceptors (Lipinski definition) is 6. The highest BCUT2D eigenvalue weighted by Crippen LogP contribution is 2.39. The van der Waals surface area contributed by atoms with Gasteiger partial charge in [0.05, 0.1) is 23.3 Å². The van der Waals surface area contributed by atoms with Gasteiger partial charge in [-0.3, -0.25) is 4.79 Å². The molecule has 31 heavy (non-hydrogen) atoms. The van der Waals surface area contributed by atoms with E-state index in [2.05, 4.69) is 15.8 Å². The minimum Gasteiger partial charge on any atom is -0.491 e. The summed E-state index contributed by atoms with van der Waals surface area (Å²) in [5, 5.41) is 10.7. The Morgan fingerprint density at radius 3 is 2.74 bits per heavy atom. The molecule has 2 fully saturated rings. The van der Waals surface area contributed by atoms with Crippen molar-refractivity contribution in [3.63, 3.8) is 0 Å². The van der Waals surface area contributed by atoms with Crippen LogP contribution in [0.15, 0.2) is 22.7 Å². The van der Waals surface area contributed by atoms with Gasteiger partial charge in [0.2, 0.25) is 5.91 Å². The zero-order chi connectivity index (χ0) is 21.8. The highest BCUT2D eigenvalue weighted by molar-refractivity contribution is 5.93. The molecule has 1 aliphatic heterocycles. The third-order valence-electron chi connectivity index (χ3n) is 6.60. The number of rotatable bonds is 8. The summed E-state index contributed by atoms with van der Waals surface area (Å²) in [5.74, 6) is 1.47. The van der Waals surface area contributed by atoms with Crippen molar-refractivity contribution in [3.8, 4) is 16.9 Å². The van der Waals surface area contributed by atoms with Crippen molar-refractivity contribution in [1.29, 1.82) is 0 Å². The van der Waals surface area contributed by atoms with Gasteiger partial charge in [0.15, 0.2) is 0 Å². The summed E-state index contributed by atoms with van der Waals surface area (Å²) in [6, 6.07) is 6.13. The standard InChI is InChI=1S/C24H33N3O4/c1-16-23(17(2)31-27-16)20-13-18(26-22(28)14-24(29-3)10-6-11-24)8-9-21(20)30-15-19-7-4-5-12-25-19/h8-9,13,19,25H,4-7,10-12,14-15H2,1-3H3,(H,26,28). The molecule has 1 saturated heterocycles. The minimum atomic E-state index is -0.301. The monoisotopic (exact) mass is 427 g/mol. The van der Waals surface area contributed by atoms with Gasteiger partial charge in [-0.2, -0.15) is 0 Å². The van der Waals surface area contributed by atoms with Crippen molar-refractivity contribution in [2.45, 2.75) is 70.4 Å². The van der Waals surface area contributed by atoms with Crippen molar-refractivity contribution >= 4 is 11.6 Å². The predicted octanol–water partition coefficient (Wildman–Crippen LogP) is 4.38. The van der Waals surface area contributed by atoms with Gasteiger partial charge >= 0.3 is 0 Å². The van der Waals surface area contributed by atoms with Crippen LogP contribution in [0.4, 0.5) is 5.69 Å². The normalized spacial score (nSPS) is 20.2. The molecule has 1 aliphatic carbocycles. The first kappa shape index (κ1) is 21.8. The van der Waals surface area contributed by atoms with Crippen molar-refractivity contribution in [1.82, 2.24) is 10.5 Å². The molecule has 7 heteroatoms. The van der Waals surface area contributed by atoms with Gasteiger partial charge in [-0.1, -0.05) is 11.6 Å². The number of aromatic nitrogens is 1. The van der Waals surface area contributed by atoms with Crippen molar-refractivity contribution < 1.29 is 18.8 Å². The van der Waals surface area contributed by atoms with Gasteiger partial charge in [0.1, 0.15) is 18.1 Å². The van der Waals surface area contributed by atoms with E-state index in [4.69, 9.17) is 14.0 Å². The van der Waals surface area contributed by atoms with E-state index in [0.717, 1.165) is 66.2 Å². The molecule has 1 aromatic carbocycles. The Balaban J connectivity index is 1.53. The fourth-order valence-electron chi connectivity index (χ4n) is 4.58. The summed E-state index contributed by atoms with van der Waals surface area (Å²) in [7, 11) is 1.69. The molecule has 7 nitrogen and oxygen atoms in total. The number of aryl methyl sites for hydroxylation is 2. The first-order valence-electron chi connectivity index (χ1n) is 11.3. The third-order valence-corrected chi connectivity index (χ3v) is 6.60. The minimum absolute atomic E-state index is 0.0358. The largest absolute Gasteiger partial charge is 0.491 e. The molecular formula is C24H33N3O4. The fourth-order valence-corrected chi connectivity index (χ4v) is 4.58. The number of piperidine rings is 1. The molecule has 0 bridgehead atoms. The lowest BCUT2D eigenvalue weighted by atomic mass is 9.77. The Labute approximate surface area is 183 Å². The Morgan fingerprint density at radius 1 is 1.29 bits per heavy atom. The quantitative estimate of drug-likeness (QED) is 0.650. The van der Waals surface area contributed by atoms with Crippen LogP contribution in [0.1, 0.15) is 56.4 Å². The molecule has 2 aliphatic rings. The van der Waals surface area contributed by atoms with E-state index in [1.54, 1.807) is 7.11 Å². The number of benzene rings is 1. The average Bonchev–Trinajstić information content (AvgIpc) is 3.08. The number of hydrogen-bond donors (Lipinski definition) is 2. The van der Waals surface area contributed by atoms with Crippen LogP contribution in [0.25, 0.3) is 11.1 Å². The number of carbonyl (C=O) groups is 1. The van der Waals surface area contributed by atoms with E-state index in [1.165, 1.54) is 12.8 Å². The molecule has 1 atom stereocenters. The molecule has 4 rings (SSSR count). The Kier molecular flexibility index (Phi) is 6.62. The maximum absolute atomic E-state index is 12.7. The first-order chi connectivity index (χ1) is 15.0. The second-order valence-electron chi connectivity index (χ2n) is 8.83. The molecule has 168 valence electrons. The van der Waals surface area contributed by atoms with E-state index in [-0.39, 0.29) is 11.5 Å². The average molecular weight is 428 g/mol. The molecule has 2 N–H and O–H groups in total. The maximum atomic E-state index is 12.7. The van der Waals surface area contributed by atoms with Gasteiger partial charge in [-0.25, -0.2) is 0 Å².